The van der Waals surface area contributed by atoms with Gasteiger partial charge in [0.2, 0.25) is 15.9 Å². The van der Waals surface area contributed by atoms with E-state index in [0.717, 1.165) is 11.8 Å². The van der Waals surface area contributed by atoms with Gasteiger partial charge in [-0.3, -0.25) is 4.79 Å². The minimum Gasteiger partial charge on any atom is -0.508 e. The molecular weight excluding hydrogens is 344 g/mol. The summed E-state index contributed by atoms with van der Waals surface area (Å²) in [5.41, 5.74) is 2.14. The first kappa shape index (κ1) is 17.5. The Kier molecular flexibility index (Phi) is 4.34. The fraction of sp³-hybridized carbons (Fsp3) is 0.353. The molecule has 2 aromatic rings. The van der Waals surface area contributed by atoms with Gasteiger partial charge < -0.3 is 14.8 Å². The van der Waals surface area contributed by atoms with E-state index in [1.807, 2.05) is 6.07 Å². The fourth-order valence-corrected chi connectivity index (χ4v) is 3.23. The van der Waals surface area contributed by atoms with Crippen molar-refractivity contribution >= 4 is 21.6 Å². The van der Waals surface area contributed by atoms with Crippen LogP contribution in [0.4, 0.5) is 5.69 Å². The van der Waals surface area contributed by atoms with Crippen molar-refractivity contribution in [1.82, 2.24) is 4.31 Å². The molecule has 0 radical (unpaired) electrons. The maximum atomic E-state index is 12.0. The van der Waals surface area contributed by atoms with E-state index in [0.29, 0.717) is 22.8 Å². The highest BCUT2D eigenvalue weighted by Gasteiger charge is 2.30. The molecule has 1 unspecified atom stereocenters. The summed E-state index contributed by atoms with van der Waals surface area (Å²) in [7, 11) is -1.82. The van der Waals surface area contributed by atoms with Gasteiger partial charge in [0.15, 0.2) is 0 Å². The Balaban J connectivity index is 1.93. The molecule has 1 aliphatic heterocycles. The molecule has 2 heterocycles. The van der Waals surface area contributed by atoms with Crippen LogP contribution in [0.2, 0.25) is 0 Å². The highest BCUT2D eigenvalue weighted by Crippen LogP contribution is 2.40. The molecule has 0 fully saturated rings. The van der Waals surface area contributed by atoms with Crippen LogP contribution in [0, 0.1) is 6.92 Å². The lowest BCUT2D eigenvalue weighted by atomic mass is 9.87. The highest BCUT2D eigenvalue weighted by atomic mass is 32.2. The average molecular weight is 364 g/mol. The van der Waals surface area contributed by atoms with Gasteiger partial charge in [-0.05, 0) is 36.2 Å². The quantitative estimate of drug-likeness (QED) is 0.866. The van der Waals surface area contributed by atoms with Gasteiger partial charge in [-0.15, -0.1) is 0 Å². The second-order valence-corrected chi connectivity index (χ2v) is 8.44. The standard InChI is InChI=1S/C17H20N2O5S/c1-10-6-12-13(7-17(21)18-14(12)8-15(10)20)16-5-4-11(24-16)9-19(2)25(3,22)23/h4-6,8,13,20H,7,9H2,1-3H3,(H,18,21). The molecule has 134 valence electrons. The molecule has 25 heavy (non-hydrogen) atoms. The van der Waals surface area contributed by atoms with Gasteiger partial charge in [-0.25, -0.2) is 8.42 Å². The summed E-state index contributed by atoms with van der Waals surface area (Å²) in [6.07, 6.45) is 1.36. The molecule has 1 aromatic heterocycles. The lowest BCUT2D eigenvalue weighted by Gasteiger charge is -2.25. The van der Waals surface area contributed by atoms with Crippen molar-refractivity contribution in [2.75, 3.05) is 18.6 Å². The number of carbonyl (C=O) groups is 1. The Labute approximate surface area is 146 Å². The summed E-state index contributed by atoms with van der Waals surface area (Å²) in [4.78, 5) is 12.0. The summed E-state index contributed by atoms with van der Waals surface area (Å²) >= 11 is 0. The Hall–Kier alpha value is -2.32. The second kappa shape index (κ2) is 6.20. The Morgan fingerprint density at radius 2 is 2.08 bits per heavy atom. The van der Waals surface area contributed by atoms with Crippen LogP contribution in [-0.4, -0.2) is 37.0 Å². The number of phenolic OH excluding ortho intramolecular Hbond substituents is 1. The molecule has 7 nitrogen and oxygen atoms in total. The van der Waals surface area contributed by atoms with Crippen LogP contribution in [0.1, 0.15) is 35.0 Å². The van der Waals surface area contributed by atoms with E-state index < -0.39 is 10.0 Å². The number of anilines is 1. The fourth-order valence-electron chi connectivity index (χ4n) is 2.87. The van der Waals surface area contributed by atoms with Crippen molar-refractivity contribution < 1.29 is 22.7 Å². The highest BCUT2D eigenvalue weighted by molar-refractivity contribution is 7.88. The van der Waals surface area contributed by atoms with Crippen molar-refractivity contribution in [2.45, 2.75) is 25.8 Å². The summed E-state index contributed by atoms with van der Waals surface area (Å²) in [5.74, 6) is 0.783. The number of nitrogens with zero attached hydrogens (tertiary/aromatic N) is 1. The van der Waals surface area contributed by atoms with E-state index >= 15 is 0 Å². The number of aryl methyl sites for hydroxylation is 1. The molecule has 0 aliphatic carbocycles. The Bertz CT molecular complexity index is 933. The third-order valence-electron chi connectivity index (χ3n) is 4.38. The molecule has 1 amide bonds. The van der Waals surface area contributed by atoms with E-state index in [2.05, 4.69) is 5.32 Å². The van der Waals surface area contributed by atoms with Gasteiger partial charge >= 0.3 is 0 Å². The molecule has 1 aromatic carbocycles. The molecular formula is C17H20N2O5S. The smallest absolute Gasteiger partial charge is 0.225 e. The van der Waals surface area contributed by atoms with Crippen LogP contribution in [0.3, 0.4) is 0 Å². The van der Waals surface area contributed by atoms with E-state index in [-0.39, 0.29) is 30.5 Å². The van der Waals surface area contributed by atoms with E-state index in [1.54, 1.807) is 19.1 Å². The minimum atomic E-state index is -3.30. The van der Waals surface area contributed by atoms with Gasteiger partial charge in [0, 0.05) is 25.2 Å². The van der Waals surface area contributed by atoms with E-state index in [9.17, 15) is 18.3 Å². The zero-order valence-electron chi connectivity index (χ0n) is 14.2. The van der Waals surface area contributed by atoms with Crippen molar-refractivity contribution in [3.8, 4) is 5.75 Å². The number of rotatable bonds is 4. The Morgan fingerprint density at radius 1 is 1.36 bits per heavy atom. The minimum absolute atomic E-state index is 0.120. The molecule has 1 atom stereocenters. The lowest BCUT2D eigenvalue weighted by molar-refractivity contribution is -0.116. The average Bonchev–Trinajstić information content (AvgIpc) is 2.95. The molecule has 3 rings (SSSR count). The number of furan rings is 1. The topological polar surface area (TPSA) is 99.9 Å². The first-order valence-electron chi connectivity index (χ1n) is 7.78. The predicted octanol–water partition coefficient (Wildman–Crippen LogP) is 2.16. The third-order valence-corrected chi connectivity index (χ3v) is 5.64. The van der Waals surface area contributed by atoms with Crippen LogP contribution in [0.25, 0.3) is 0 Å². The largest absolute Gasteiger partial charge is 0.508 e. The number of fused-ring (bicyclic) bond motifs is 1. The molecule has 2 N–H and O–H groups in total. The first-order valence-corrected chi connectivity index (χ1v) is 9.63. The lowest BCUT2D eigenvalue weighted by Crippen LogP contribution is -2.24. The van der Waals surface area contributed by atoms with Gasteiger partial charge in [0.25, 0.3) is 0 Å². The van der Waals surface area contributed by atoms with Crippen molar-refractivity contribution in [1.29, 1.82) is 0 Å². The van der Waals surface area contributed by atoms with Crippen LogP contribution in [-0.2, 0) is 21.4 Å². The van der Waals surface area contributed by atoms with Crippen LogP contribution in [0.5, 0.6) is 5.75 Å². The molecule has 0 saturated carbocycles. The first-order chi connectivity index (χ1) is 11.6. The van der Waals surface area contributed by atoms with Crippen LogP contribution < -0.4 is 5.32 Å². The number of phenols is 1. The maximum absolute atomic E-state index is 12.0. The predicted molar refractivity (Wildman–Crippen MR) is 93.0 cm³/mol. The number of hydrogen-bond acceptors (Lipinski definition) is 5. The number of benzene rings is 1. The third kappa shape index (κ3) is 3.54. The number of carbonyl (C=O) groups excluding carboxylic acids is 1. The Morgan fingerprint density at radius 3 is 2.76 bits per heavy atom. The van der Waals surface area contributed by atoms with Crippen LogP contribution >= 0.6 is 0 Å². The summed E-state index contributed by atoms with van der Waals surface area (Å²) in [5, 5.41) is 12.6. The normalized spacial score (nSPS) is 17.4. The zero-order valence-corrected chi connectivity index (χ0v) is 15.1. The van der Waals surface area contributed by atoms with Crippen molar-refractivity contribution in [3.63, 3.8) is 0 Å². The second-order valence-electron chi connectivity index (χ2n) is 6.35. The number of nitrogens with one attached hydrogen (secondary N) is 1. The van der Waals surface area contributed by atoms with Gasteiger partial charge in [0.1, 0.15) is 17.3 Å². The molecule has 8 heteroatoms. The number of amides is 1. The summed E-state index contributed by atoms with van der Waals surface area (Å²) in [6.45, 7) is 1.91. The molecule has 0 spiro atoms. The molecule has 1 aliphatic rings. The van der Waals surface area contributed by atoms with Crippen LogP contribution in [0.15, 0.2) is 28.7 Å². The maximum Gasteiger partial charge on any atom is 0.225 e. The summed E-state index contributed by atoms with van der Waals surface area (Å²) in [6, 6.07) is 6.85. The van der Waals surface area contributed by atoms with Crippen molar-refractivity contribution in [3.05, 3.63) is 46.9 Å². The number of aromatic hydroxyl groups is 1. The summed E-state index contributed by atoms with van der Waals surface area (Å²) < 4.78 is 30.1. The SMILES string of the molecule is Cc1cc2c(cc1O)NC(=O)CC2c1ccc(CN(C)S(C)(=O)=O)o1. The number of sulfonamides is 1. The number of hydrogen-bond donors (Lipinski definition) is 2. The van der Waals surface area contributed by atoms with Crippen molar-refractivity contribution in [2.24, 2.45) is 0 Å². The zero-order chi connectivity index (χ0) is 18.4. The van der Waals surface area contributed by atoms with E-state index in [4.69, 9.17) is 4.42 Å². The van der Waals surface area contributed by atoms with Gasteiger partial charge in [-0.1, -0.05) is 0 Å². The molecule has 0 bridgehead atoms. The van der Waals surface area contributed by atoms with Gasteiger partial charge in [0.05, 0.1) is 18.7 Å². The van der Waals surface area contributed by atoms with Gasteiger partial charge in [-0.2, -0.15) is 4.31 Å². The molecule has 0 saturated heterocycles. The monoisotopic (exact) mass is 364 g/mol. The van der Waals surface area contributed by atoms with E-state index in [1.165, 1.54) is 17.4 Å².